The molecule has 0 saturated carbocycles. The number of urea groups is 1. The third-order valence-electron chi connectivity index (χ3n) is 7.13. The van der Waals surface area contributed by atoms with E-state index in [4.69, 9.17) is 0 Å². The molecular weight excluding hydrogens is 482 g/mol. The number of amides is 5. The number of imide groups is 1. The van der Waals surface area contributed by atoms with Crippen molar-refractivity contribution in [2.45, 2.75) is 51.7 Å². The number of anilines is 1. The number of nitrogens with one attached hydrogen (secondary N) is 3. The summed E-state index contributed by atoms with van der Waals surface area (Å²) in [5.41, 5.74) is 5.25. The molecule has 38 heavy (non-hydrogen) atoms. The predicted molar refractivity (Wildman–Crippen MR) is 142 cm³/mol. The average molecular weight is 512 g/mol. The van der Waals surface area contributed by atoms with E-state index in [9.17, 15) is 19.2 Å². The van der Waals surface area contributed by atoms with Crippen molar-refractivity contribution < 1.29 is 19.2 Å². The summed E-state index contributed by atoms with van der Waals surface area (Å²) in [7, 11) is 0. The quantitative estimate of drug-likeness (QED) is 0.449. The molecule has 9 heteroatoms. The molecule has 0 aliphatic carbocycles. The highest BCUT2D eigenvalue weighted by atomic mass is 16.2. The summed E-state index contributed by atoms with van der Waals surface area (Å²) in [6, 6.07) is 14.0. The first kappa shape index (κ1) is 25.1. The van der Waals surface area contributed by atoms with Gasteiger partial charge in [-0.25, -0.2) is 4.79 Å². The SMILES string of the molecule is Cc1cc(C(C)(C)NC(=O)Nc2ccc3c(c2)CN(C2CCC(=O)NC2=O)C3=O)ccc1-c1cccnc1. The van der Waals surface area contributed by atoms with Gasteiger partial charge >= 0.3 is 6.03 Å². The minimum Gasteiger partial charge on any atom is -0.329 e. The van der Waals surface area contributed by atoms with Crippen LogP contribution in [0.15, 0.2) is 60.9 Å². The monoisotopic (exact) mass is 511 g/mol. The first-order valence-electron chi connectivity index (χ1n) is 12.5. The fraction of sp³-hybridized carbons (Fsp3) is 0.276. The van der Waals surface area contributed by atoms with Gasteiger partial charge in [0.25, 0.3) is 5.91 Å². The lowest BCUT2D eigenvalue weighted by Crippen LogP contribution is -2.52. The molecule has 3 heterocycles. The molecule has 5 rings (SSSR count). The van der Waals surface area contributed by atoms with Crippen molar-refractivity contribution in [2.75, 3.05) is 5.32 Å². The normalized spacial score (nSPS) is 17.2. The zero-order valence-electron chi connectivity index (χ0n) is 21.5. The smallest absolute Gasteiger partial charge is 0.319 e. The van der Waals surface area contributed by atoms with E-state index in [1.165, 1.54) is 4.90 Å². The van der Waals surface area contributed by atoms with Crippen molar-refractivity contribution in [1.82, 2.24) is 20.5 Å². The van der Waals surface area contributed by atoms with Crippen LogP contribution in [-0.2, 0) is 21.7 Å². The average Bonchev–Trinajstić information content (AvgIpc) is 3.19. The summed E-state index contributed by atoms with van der Waals surface area (Å²) in [6.45, 7) is 6.14. The number of piperidine rings is 1. The summed E-state index contributed by atoms with van der Waals surface area (Å²) < 4.78 is 0. The molecule has 1 saturated heterocycles. The van der Waals surface area contributed by atoms with Crippen molar-refractivity contribution in [3.8, 4) is 11.1 Å². The van der Waals surface area contributed by atoms with Crippen LogP contribution in [0.3, 0.4) is 0 Å². The molecule has 3 N–H and O–H groups in total. The highest BCUT2D eigenvalue weighted by molar-refractivity contribution is 6.05. The lowest BCUT2D eigenvalue weighted by Gasteiger charge is -2.29. The molecule has 2 aliphatic heterocycles. The van der Waals surface area contributed by atoms with E-state index in [0.717, 1.165) is 27.8 Å². The Labute approximate surface area is 220 Å². The molecule has 9 nitrogen and oxygen atoms in total. The van der Waals surface area contributed by atoms with Gasteiger partial charge in [0.05, 0.1) is 5.54 Å². The van der Waals surface area contributed by atoms with Crippen molar-refractivity contribution in [3.63, 3.8) is 0 Å². The van der Waals surface area contributed by atoms with E-state index < -0.39 is 17.5 Å². The fourth-order valence-electron chi connectivity index (χ4n) is 5.07. The number of hydrogen-bond acceptors (Lipinski definition) is 5. The van der Waals surface area contributed by atoms with Gasteiger partial charge in [-0.2, -0.15) is 0 Å². The van der Waals surface area contributed by atoms with Crippen LogP contribution in [-0.4, -0.2) is 39.7 Å². The van der Waals surface area contributed by atoms with Gasteiger partial charge in [0.1, 0.15) is 6.04 Å². The number of pyridine rings is 1. The van der Waals surface area contributed by atoms with E-state index in [0.29, 0.717) is 17.7 Å². The van der Waals surface area contributed by atoms with Gasteiger partial charge in [-0.05, 0) is 73.7 Å². The van der Waals surface area contributed by atoms with E-state index in [-0.39, 0.29) is 30.8 Å². The second-order valence-electron chi connectivity index (χ2n) is 10.2. The predicted octanol–water partition coefficient (Wildman–Crippen LogP) is 3.87. The number of carbonyl (C=O) groups excluding carboxylic acids is 4. The van der Waals surface area contributed by atoms with E-state index in [1.54, 1.807) is 24.4 Å². The number of carbonyl (C=O) groups is 4. The number of aryl methyl sites for hydroxylation is 1. The molecule has 3 aromatic rings. The molecule has 0 spiro atoms. The molecule has 1 unspecified atom stereocenters. The first-order chi connectivity index (χ1) is 18.1. The molecule has 5 amide bonds. The summed E-state index contributed by atoms with van der Waals surface area (Å²) in [5, 5.41) is 8.19. The number of nitrogens with zero attached hydrogens (tertiary/aromatic N) is 2. The van der Waals surface area contributed by atoms with Gasteiger partial charge in [0.2, 0.25) is 11.8 Å². The maximum absolute atomic E-state index is 12.9. The largest absolute Gasteiger partial charge is 0.329 e. The maximum Gasteiger partial charge on any atom is 0.319 e. The van der Waals surface area contributed by atoms with Gasteiger partial charge in [0.15, 0.2) is 0 Å². The van der Waals surface area contributed by atoms with Crippen LogP contribution in [0.2, 0.25) is 0 Å². The second-order valence-corrected chi connectivity index (χ2v) is 10.2. The van der Waals surface area contributed by atoms with Crippen molar-refractivity contribution >= 4 is 29.4 Å². The van der Waals surface area contributed by atoms with E-state index >= 15 is 0 Å². The highest BCUT2D eigenvalue weighted by Crippen LogP contribution is 2.30. The van der Waals surface area contributed by atoms with Crippen LogP contribution in [0.5, 0.6) is 0 Å². The summed E-state index contributed by atoms with van der Waals surface area (Å²) in [5.74, 6) is -1.03. The molecule has 2 aromatic carbocycles. The van der Waals surface area contributed by atoms with Crippen LogP contribution < -0.4 is 16.0 Å². The van der Waals surface area contributed by atoms with E-state index in [2.05, 4.69) is 27.0 Å². The second kappa shape index (κ2) is 9.74. The topological polar surface area (TPSA) is 120 Å². The fourth-order valence-corrected chi connectivity index (χ4v) is 5.07. The van der Waals surface area contributed by atoms with Crippen LogP contribution >= 0.6 is 0 Å². The number of aromatic nitrogens is 1. The Kier molecular flexibility index (Phi) is 6.44. The van der Waals surface area contributed by atoms with Crippen LogP contribution in [0, 0.1) is 6.92 Å². The van der Waals surface area contributed by atoms with Crippen molar-refractivity contribution in [3.05, 3.63) is 83.2 Å². The maximum atomic E-state index is 12.9. The number of benzene rings is 2. The summed E-state index contributed by atoms with van der Waals surface area (Å²) in [6.07, 6.45) is 4.07. The summed E-state index contributed by atoms with van der Waals surface area (Å²) in [4.78, 5) is 55.3. The molecule has 1 fully saturated rings. The van der Waals surface area contributed by atoms with Gasteiger partial charge in [-0.3, -0.25) is 24.7 Å². The first-order valence-corrected chi connectivity index (χ1v) is 12.5. The Morgan fingerprint density at radius 3 is 2.58 bits per heavy atom. The molecular formula is C29H29N5O4. The van der Waals surface area contributed by atoms with Gasteiger partial charge < -0.3 is 15.5 Å². The van der Waals surface area contributed by atoms with Crippen LogP contribution in [0.4, 0.5) is 10.5 Å². The Morgan fingerprint density at radius 1 is 1.08 bits per heavy atom. The minimum atomic E-state index is -0.680. The van der Waals surface area contributed by atoms with Crippen LogP contribution in [0.25, 0.3) is 11.1 Å². The highest BCUT2D eigenvalue weighted by Gasteiger charge is 2.39. The Bertz CT molecular complexity index is 1450. The molecule has 0 radical (unpaired) electrons. The van der Waals surface area contributed by atoms with Crippen molar-refractivity contribution in [1.29, 1.82) is 0 Å². The number of rotatable bonds is 5. The van der Waals surface area contributed by atoms with Gasteiger partial charge in [0, 0.05) is 42.2 Å². The lowest BCUT2D eigenvalue weighted by atomic mass is 9.90. The zero-order valence-corrected chi connectivity index (χ0v) is 21.5. The number of hydrogen-bond donors (Lipinski definition) is 3. The molecule has 1 atom stereocenters. The Morgan fingerprint density at radius 2 is 1.87 bits per heavy atom. The van der Waals surface area contributed by atoms with E-state index in [1.807, 2.05) is 51.2 Å². The third-order valence-corrected chi connectivity index (χ3v) is 7.13. The molecule has 0 bridgehead atoms. The van der Waals surface area contributed by atoms with Crippen LogP contribution in [0.1, 0.15) is 53.7 Å². The lowest BCUT2D eigenvalue weighted by molar-refractivity contribution is -0.136. The van der Waals surface area contributed by atoms with Gasteiger partial charge in [-0.1, -0.05) is 24.3 Å². The molecule has 2 aliphatic rings. The van der Waals surface area contributed by atoms with Crippen molar-refractivity contribution in [2.24, 2.45) is 0 Å². The molecule has 194 valence electrons. The Hall–Kier alpha value is -4.53. The molecule has 1 aromatic heterocycles. The Balaban J connectivity index is 1.26. The van der Waals surface area contributed by atoms with Gasteiger partial charge in [-0.15, -0.1) is 0 Å². The minimum absolute atomic E-state index is 0.199. The third kappa shape index (κ3) is 4.87. The standard InChI is InChI=1S/C29H29N5O4/c1-17-13-20(6-8-22(17)18-5-4-12-30-15-18)29(2,3)33-28(38)31-21-7-9-23-19(14-21)16-34(27(23)37)24-10-11-25(35)32-26(24)36/h4-9,12-15,24H,10-11,16H2,1-3H3,(H2,31,33,38)(H,32,35,36). The summed E-state index contributed by atoms with van der Waals surface area (Å²) >= 11 is 0. The number of fused-ring (bicyclic) bond motifs is 1. The zero-order chi connectivity index (χ0) is 27.0.